The molecule has 0 spiro atoms. The number of carbonyl (C=O) groups excluding carboxylic acids is 1. The van der Waals surface area contributed by atoms with Crippen molar-refractivity contribution in [3.8, 4) is 5.75 Å². The van der Waals surface area contributed by atoms with Crippen molar-refractivity contribution >= 4 is 21.7 Å². The summed E-state index contributed by atoms with van der Waals surface area (Å²) < 4.78 is 11.6. The Bertz CT molecular complexity index is 656. The summed E-state index contributed by atoms with van der Waals surface area (Å²) in [6.45, 7) is 5.62. The average Bonchev–Trinajstić information content (AvgIpc) is 2.66. The summed E-state index contributed by atoms with van der Waals surface area (Å²) in [6, 6.07) is 5.62. The third kappa shape index (κ3) is 2.80. The van der Waals surface area contributed by atoms with E-state index in [-0.39, 0.29) is 5.78 Å². The highest BCUT2D eigenvalue weighted by Crippen LogP contribution is 2.26. The van der Waals surface area contributed by atoms with E-state index in [2.05, 4.69) is 15.9 Å². The highest BCUT2D eigenvalue weighted by molar-refractivity contribution is 9.10. The van der Waals surface area contributed by atoms with Crippen LogP contribution >= 0.6 is 15.9 Å². The van der Waals surface area contributed by atoms with E-state index in [1.165, 1.54) is 0 Å². The highest BCUT2D eigenvalue weighted by Gasteiger charge is 2.19. The van der Waals surface area contributed by atoms with Crippen molar-refractivity contribution in [1.82, 2.24) is 0 Å². The third-order valence-corrected chi connectivity index (χ3v) is 4.22. The first kappa shape index (κ1) is 14.9. The fraction of sp³-hybridized carbons (Fsp3) is 0.312. The zero-order valence-electron chi connectivity index (χ0n) is 12.0. The Morgan fingerprint density at radius 3 is 2.50 bits per heavy atom. The molecule has 3 nitrogen and oxygen atoms in total. The van der Waals surface area contributed by atoms with Crippen LogP contribution < -0.4 is 4.74 Å². The first-order chi connectivity index (χ1) is 9.43. The number of ether oxygens (including phenoxy) is 1. The molecule has 2 aromatic rings. The van der Waals surface area contributed by atoms with Crippen LogP contribution in [0.1, 0.15) is 33.0 Å². The lowest BCUT2D eigenvalue weighted by molar-refractivity contribution is 0.0991. The minimum absolute atomic E-state index is 0.0609. The van der Waals surface area contributed by atoms with Crippen molar-refractivity contribution in [2.24, 2.45) is 0 Å². The number of ketones is 1. The molecule has 1 aromatic heterocycles. The van der Waals surface area contributed by atoms with Crippen LogP contribution in [-0.4, -0.2) is 12.9 Å². The third-order valence-electron chi connectivity index (χ3n) is 3.44. The van der Waals surface area contributed by atoms with Crippen LogP contribution in [0.4, 0.5) is 0 Å². The zero-order valence-corrected chi connectivity index (χ0v) is 13.6. The summed E-state index contributed by atoms with van der Waals surface area (Å²) in [4.78, 5) is 12.5. The van der Waals surface area contributed by atoms with Crippen LogP contribution in [0, 0.1) is 20.8 Å². The summed E-state index contributed by atoms with van der Waals surface area (Å²) >= 11 is 3.47. The van der Waals surface area contributed by atoms with E-state index < -0.39 is 0 Å². The van der Waals surface area contributed by atoms with Crippen LogP contribution in [-0.2, 0) is 6.42 Å². The van der Waals surface area contributed by atoms with Gasteiger partial charge in [0.05, 0.1) is 12.7 Å². The molecule has 4 heteroatoms. The molecule has 2 rings (SSSR count). The molecule has 20 heavy (non-hydrogen) atoms. The number of hydrogen-bond donors (Lipinski definition) is 0. The van der Waals surface area contributed by atoms with Crippen molar-refractivity contribution in [3.05, 3.63) is 50.9 Å². The van der Waals surface area contributed by atoms with Gasteiger partial charge in [-0.05, 0) is 44.5 Å². The largest absolute Gasteiger partial charge is 0.497 e. The first-order valence-electron chi connectivity index (χ1n) is 6.36. The number of hydrogen-bond acceptors (Lipinski definition) is 3. The van der Waals surface area contributed by atoms with Crippen LogP contribution in [0.25, 0.3) is 0 Å². The summed E-state index contributed by atoms with van der Waals surface area (Å²) in [7, 11) is 1.61. The number of aryl methyl sites for hydroxylation is 2. The molecule has 0 bridgehead atoms. The molecule has 1 aromatic carbocycles. The monoisotopic (exact) mass is 336 g/mol. The van der Waals surface area contributed by atoms with Crippen molar-refractivity contribution in [3.63, 3.8) is 0 Å². The van der Waals surface area contributed by atoms with Gasteiger partial charge in [0, 0.05) is 16.5 Å². The summed E-state index contributed by atoms with van der Waals surface area (Å²) in [5.74, 6) is 2.29. The van der Waals surface area contributed by atoms with E-state index in [9.17, 15) is 4.79 Å². The second-order valence-corrected chi connectivity index (χ2v) is 5.63. The second kappa shape index (κ2) is 5.83. The Labute approximate surface area is 127 Å². The minimum atomic E-state index is 0.0609. The van der Waals surface area contributed by atoms with Crippen molar-refractivity contribution in [2.45, 2.75) is 27.2 Å². The van der Waals surface area contributed by atoms with Gasteiger partial charge in [0.25, 0.3) is 0 Å². The molecule has 0 fully saturated rings. The van der Waals surface area contributed by atoms with Gasteiger partial charge in [0.1, 0.15) is 17.3 Å². The molecule has 0 aliphatic heterocycles. The molecule has 0 saturated heterocycles. The lowest BCUT2D eigenvalue weighted by Gasteiger charge is -2.07. The lowest BCUT2D eigenvalue weighted by Crippen LogP contribution is -2.06. The standard InChI is InChI=1S/C16H17BrO3/c1-9-10(2)20-11(3)16(9)15(18)8-12-7-13(19-4)5-6-14(12)17/h5-7H,8H2,1-4H3. The quantitative estimate of drug-likeness (QED) is 0.776. The number of halogens is 1. The molecule has 0 radical (unpaired) electrons. The van der Waals surface area contributed by atoms with E-state index in [0.717, 1.165) is 27.1 Å². The van der Waals surface area contributed by atoms with Crippen molar-refractivity contribution in [1.29, 1.82) is 0 Å². The van der Waals surface area contributed by atoms with E-state index in [1.807, 2.05) is 39.0 Å². The maximum Gasteiger partial charge on any atom is 0.171 e. The average molecular weight is 337 g/mol. The van der Waals surface area contributed by atoms with Crippen molar-refractivity contribution in [2.75, 3.05) is 7.11 Å². The minimum Gasteiger partial charge on any atom is -0.497 e. The molecular weight excluding hydrogens is 320 g/mol. The Kier molecular flexibility index (Phi) is 4.33. The predicted molar refractivity (Wildman–Crippen MR) is 81.6 cm³/mol. The maximum absolute atomic E-state index is 12.5. The fourth-order valence-electron chi connectivity index (χ4n) is 2.28. The lowest BCUT2D eigenvalue weighted by atomic mass is 10.00. The summed E-state index contributed by atoms with van der Waals surface area (Å²) in [5, 5.41) is 0. The predicted octanol–water partition coefficient (Wildman–Crippen LogP) is 4.40. The van der Waals surface area contributed by atoms with Gasteiger partial charge in [-0.3, -0.25) is 4.79 Å². The first-order valence-corrected chi connectivity index (χ1v) is 7.15. The number of carbonyl (C=O) groups is 1. The van der Waals surface area contributed by atoms with Crippen molar-refractivity contribution < 1.29 is 13.9 Å². The Morgan fingerprint density at radius 1 is 1.25 bits per heavy atom. The van der Waals surface area contributed by atoms with Gasteiger partial charge in [-0.1, -0.05) is 15.9 Å². The number of Topliss-reactive ketones (excluding diaryl/α,β-unsaturated/α-hetero) is 1. The SMILES string of the molecule is COc1ccc(Br)c(CC(=O)c2c(C)oc(C)c2C)c1. The smallest absolute Gasteiger partial charge is 0.171 e. The summed E-state index contributed by atoms with van der Waals surface area (Å²) in [6.07, 6.45) is 0.318. The maximum atomic E-state index is 12.5. The van der Waals surface area contributed by atoms with Gasteiger partial charge in [-0.2, -0.15) is 0 Å². The number of furan rings is 1. The normalized spacial score (nSPS) is 10.7. The molecule has 0 N–H and O–H groups in total. The van der Waals surface area contributed by atoms with Gasteiger partial charge in [0.15, 0.2) is 5.78 Å². The molecule has 0 aliphatic carbocycles. The van der Waals surface area contributed by atoms with Crippen LogP contribution in [0.2, 0.25) is 0 Å². The molecule has 0 aliphatic rings. The van der Waals surface area contributed by atoms with Gasteiger partial charge in [-0.25, -0.2) is 0 Å². The molecule has 1 heterocycles. The Balaban J connectivity index is 2.32. The van der Waals surface area contributed by atoms with Crippen LogP contribution in [0.5, 0.6) is 5.75 Å². The Hall–Kier alpha value is -1.55. The van der Waals surface area contributed by atoms with Gasteiger partial charge in [0.2, 0.25) is 0 Å². The molecule has 0 atom stereocenters. The van der Waals surface area contributed by atoms with E-state index in [0.29, 0.717) is 17.7 Å². The number of rotatable bonds is 4. The van der Waals surface area contributed by atoms with E-state index >= 15 is 0 Å². The van der Waals surface area contributed by atoms with Gasteiger partial charge >= 0.3 is 0 Å². The number of benzene rings is 1. The molecule has 0 unspecified atom stereocenters. The molecular formula is C16H17BrO3. The highest BCUT2D eigenvalue weighted by atomic mass is 79.9. The molecule has 0 amide bonds. The van der Waals surface area contributed by atoms with E-state index in [1.54, 1.807) is 7.11 Å². The Morgan fingerprint density at radius 2 is 1.95 bits per heavy atom. The number of methoxy groups -OCH3 is 1. The van der Waals surface area contributed by atoms with E-state index in [4.69, 9.17) is 9.15 Å². The fourth-order valence-corrected chi connectivity index (χ4v) is 2.66. The van der Waals surface area contributed by atoms with Gasteiger partial charge in [-0.15, -0.1) is 0 Å². The molecule has 0 saturated carbocycles. The van der Waals surface area contributed by atoms with Gasteiger partial charge < -0.3 is 9.15 Å². The second-order valence-electron chi connectivity index (χ2n) is 4.77. The topological polar surface area (TPSA) is 39.4 Å². The van der Waals surface area contributed by atoms with Crippen LogP contribution in [0.3, 0.4) is 0 Å². The van der Waals surface area contributed by atoms with Crippen LogP contribution in [0.15, 0.2) is 27.1 Å². The molecule has 106 valence electrons. The zero-order chi connectivity index (χ0) is 14.9. The summed E-state index contributed by atoms with van der Waals surface area (Å²) in [5.41, 5.74) is 2.52.